The molecule has 0 saturated heterocycles. The summed E-state index contributed by atoms with van der Waals surface area (Å²) in [5, 5.41) is 8.89. The molecule has 2 aliphatic rings. The van der Waals surface area contributed by atoms with E-state index in [0.717, 1.165) is 19.5 Å². The summed E-state index contributed by atoms with van der Waals surface area (Å²) >= 11 is 0. The number of rotatable bonds is 6. The van der Waals surface area contributed by atoms with Gasteiger partial charge in [0.25, 0.3) is 0 Å². The number of fused-ring (bicyclic) bond motifs is 1. The fourth-order valence-electron chi connectivity index (χ4n) is 3.24. The topological polar surface area (TPSA) is 43.8 Å². The van der Waals surface area contributed by atoms with Crippen LogP contribution in [0.2, 0.25) is 0 Å². The Morgan fingerprint density at radius 1 is 1.43 bits per heavy atom. The lowest BCUT2D eigenvalue weighted by Gasteiger charge is -2.28. The standard InChI is InChI=1S/C17H24N2O2/c1-18-9-2-3-14-11-13(4-7-16(14)18)12-19(15-5-6-15)10-8-17(20)21/h4,7,11,15H,2-3,5-6,8-10,12H2,1H3,(H,20,21). The fraction of sp³-hybridized carbons (Fsp3) is 0.588. The summed E-state index contributed by atoms with van der Waals surface area (Å²) in [6.07, 6.45) is 5.05. The molecule has 0 spiro atoms. The van der Waals surface area contributed by atoms with E-state index in [9.17, 15) is 4.79 Å². The first kappa shape index (κ1) is 14.4. The van der Waals surface area contributed by atoms with E-state index in [1.807, 2.05) is 0 Å². The molecule has 1 saturated carbocycles. The molecule has 1 aliphatic heterocycles. The van der Waals surface area contributed by atoms with Gasteiger partial charge in [0.2, 0.25) is 0 Å². The molecule has 4 nitrogen and oxygen atoms in total. The van der Waals surface area contributed by atoms with Crippen molar-refractivity contribution in [3.05, 3.63) is 29.3 Å². The maximum Gasteiger partial charge on any atom is 0.304 e. The third-order valence-electron chi connectivity index (χ3n) is 4.56. The number of benzene rings is 1. The summed E-state index contributed by atoms with van der Waals surface area (Å²) in [5.41, 5.74) is 4.12. The predicted molar refractivity (Wildman–Crippen MR) is 83.7 cm³/mol. The van der Waals surface area contributed by atoms with Crippen LogP contribution in [-0.4, -0.2) is 42.2 Å². The van der Waals surface area contributed by atoms with E-state index >= 15 is 0 Å². The molecule has 1 aliphatic carbocycles. The van der Waals surface area contributed by atoms with E-state index in [2.05, 4.69) is 35.0 Å². The highest BCUT2D eigenvalue weighted by molar-refractivity contribution is 5.66. The molecular weight excluding hydrogens is 264 g/mol. The van der Waals surface area contributed by atoms with E-state index in [0.29, 0.717) is 12.6 Å². The van der Waals surface area contributed by atoms with Gasteiger partial charge in [-0.1, -0.05) is 12.1 Å². The molecule has 1 aromatic rings. The number of carbonyl (C=O) groups is 1. The molecule has 0 unspecified atom stereocenters. The van der Waals surface area contributed by atoms with Crippen molar-refractivity contribution in [1.29, 1.82) is 0 Å². The Morgan fingerprint density at radius 3 is 2.95 bits per heavy atom. The average molecular weight is 288 g/mol. The lowest BCUT2D eigenvalue weighted by Crippen LogP contribution is -2.29. The second kappa shape index (κ2) is 6.06. The summed E-state index contributed by atoms with van der Waals surface area (Å²) in [7, 11) is 2.15. The van der Waals surface area contributed by atoms with Crippen LogP contribution < -0.4 is 4.90 Å². The van der Waals surface area contributed by atoms with Crippen LogP contribution in [0.15, 0.2) is 18.2 Å². The SMILES string of the molecule is CN1CCCc2cc(CN(CCC(=O)O)C3CC3)ccc21. The summed E-state index contributed by atoms with van der Waals surface area (Å²) in [4.78, 5) is 15.5. The van der Waals surface area contributed by atoms with Gasteiger partial charge in [-0.3, -0.25) is 9.69 Å². The third-order valence-corrected chi connectivity index (χ3v) is 4.56. The Bertz CT molecular complexity index is 526. The van der Waals surface area contributed by atoms with Crippen molar-refractivity contribution < 1.29 is 9.90 Å². The first-order chi connectivity index (χ1) is 10.1. The maximum absolute atomic E-state index is 10.8. The Balaban J connectivity index is 1.69. The van der Waals surface area contributed by atoms with E-state index < -0.39 is 5.97 Å². The van der Waals surface area contributed by atoms with Gasteiger partial charge >= 0.3 is 5.97 Å². The smallest absolute Gasteiger partial charge is 0.304 e. The molecule has 0 amide bonds. The number of anilines is 1. The van der Waals surface area contributed by atoms with Crippen molar-refractivity contribution in [2.24, 2.45) is 0 Å². The molecule has 1 heterocycles. The number of hydrogen-bond donors (Lipinski definition) is 1. The Morgan fingerprint density at radius 2 is 2.24 bits per heavy atom. The molecule has 114 valence electrons. The number of carboxylic acid groups (broad SMARTS) is 1. The summed E-state index contributed by atoms with van der Waals surface area (Å²) in [6, 6.07) is 7.35. The van der Waals surface area contributed by atoms with Crippen LogP contribution in [0.25, 0.3) is 0 Å². The Hall–Kier alpha value is -1.55. The van der Waals surface area contributed by atoms with E-state index in [1.165, 1.54) is 36.1 Å². The quantitative estimate of drug-likeness (QED) is 0.873. The Labute approximate surface area is 126 Å². The number of aryl methyl sites for hydroxylation is 1. The van der Waals surface area contributed by atoms with Gasteiger partial charge in [0.05, 0.1) is 6.42 Å². The molecule has 4 heteroatoms. The number of hydrogen-bond acceptors (Lipinski definition) is 3. The van der Waals surface area contributed by atoms with Gasteiger partial charge < -0.3 is 10.0 Å². The molecule has 21 heavy (non-hydrogen) atoms. The maximum atomic E-state index is 10.8. The lowest BCUT2D eigenvalue weighted by atomic mass is 9.99. The van der Waals surface area contributed by atoms with Gasteiger partial charge in [-0.2, -0.15) is 0 Å². The highest BCUT2D eigenvalue weighted by Crippen LogP contribution is 2.31. The third kappa shape index (κ3) is 3.56. The zero-order valence-corrected chi connectivity index (χ0v) is 12.7. The van der Waals surface area contributed by atoms with Crippen molar-refractivity contribution in [2.75, 3.05) is 25.0 Å². The highest BCUT2D eigenvalue weighted by Gasteiger charge is 2.29. The minimum absolute atomic E-state index is 0.240. The summed E-state index contributed by atoms with van der Waals surface area (Å²) in [6.45, 7) is 2.69. The average Bonchev–Trinajstić information content (AvgIpc) is 3.28. The fourth-order valence-corrected chi connectivity index (χ4v) is 3.24. The molecule has 0 aromatic heterocycles. The van der Waals surface area contributed by atoms with Crippen LogP contribution in [0.1, 0.15) is 36.8 Å². The number of aliphatic carboxylic acids is 1. The molecule has 1 N–H and O–H groups in total. The highest BCUT2D eigenvalue weighted by atomic mass is 16.4. The van der Waals surface area contributed by atoms with Crippen LogP contribution in [-0.2, 0) is 17.8 Å². The van der Waals surface area contributed by atoms with Gasteiger partial charge in [-0.25, -0.2) is 0 Å². The summed E-state index contributed by atoms with van der Waals surface area (Å²) in [5.74, 6) is -0.701. The number of nitrogens with zero attached hydrogens (tertiary/aromatic N) is 2. The van der Waals surface area contributed by atoms with Crippen LogP contribution in [0.3, 0.4) is 0 Å². The van der Waals surface area contributed by atoms with Gasteiger partial charge in [0.1, 0.15) is 0 Å². The minimum Gasteiger partial charge on any atom is -0.481 e. The number of carboxylic acids is 1. The second-order valence-corrected chi connectivity index (χ2v) is 6.33. The van der Waals surface area contributed by atoms with Gasteiger partial charge in [-0.15, -0.1) is 0 Å². The molecule has 3 rings (SSSR count). The monoisotopic (exact) mass is 288 g/mol. The van der Waals surface area contributed by atoms with E-state index in [4.69, 9.17) is 5.11 Å². The van der Waals surface area contributed by atoms with Crippen molar-refractivity contribution in [2.45, 2.75) is 44.7 Å². The van der Waals surface area contributed by atoms with Crippen LogP contribution in [0.5, 0.6) is 0 Å². The van der Waals surface area contributed by atoms with Gasteiger partial charge in [-0.05, 0) is 42.9 Å². The van der Waals surface area contributed by atoms with Crippen molar-refractivity contribution in [3.63, 3.8) is 0 Å². The van der Waals surface area contributed by atoms with Crippen molar-refractivity contribution in [1.82, 2.24) is 4.90 Å². The second-order valence-electron chi connectivity index (χ2n) is 6.33. The first-order valence-corrected chi connectivity index (χ1v) is 7.92. The lowest BCUT2D eigenvalue weighted by molar-refractivity contribution is -0.137. The molecule has 0 atom stereocenters. The van der Waals surface area contributed by atoms with Gasteiger partial charge in [0.15, 0.2) is 0 Å². The van der Waals surface area contributed by atoms with E-state index in [1.54, 1.807) is 0 Å². The molecule has 1 aromatic carbocycles. The van der Waals surface area contributed by atoms with Crippen LogP contribution in [0.4, 0.5) is 5.69 Å². The molecule has 0 radical (unpaired) electrons. The Kier molecular flexibility index (Phi) is 4.15. The van der Waals surface area contributed by atoms with Crippen molar-refractivity contribution >= 4 is 11.7 Å². The zero-order valence-electron chi connectivity index (χ0n) is 12.7. The predicted octanol–water partition coefficient (Wildman–Crippen LogP) is 2.51. The van der Waals surface area contributed by atoms with Crippen LogP contribution >= 0.6 is 0 Å². The molecular formula is C17H24N2O2. The summed E-state index contributed by atoms with van der Waals surface area (Å²) < 4.78 is 0. The first-order valence-electron chi connectivity index (χ1n) is 7.92. The van der Waals surface area contributed by atoms with Crippen molar-refractivity contribution in [3.8, 4) is 0 Å². The van der Waals surface area contributed by atoms with Crippen LogP contribution in [0, 0.1) is 0 Å². The molecule has 0 bridgehead atoms. The molecule has 1 fully saturated rings. The van der Waals surface area contributed by atoms with E-state index in [-0.39, 0.29) is 6.42 Å². The largest absolute Gasteiger partial charge is 0.481 e. The minimum atomic E-state index is -0.701. The van der Waals surface area contributed by atoms with Gasteiger partial charge in [0, 0.05) is 38.4 Å². The zero-order chi connectivity index (χ0) is 14.8. The normalized spacial score (nSPS) is 17.9.